The number of ether oxygens (including phenoxy) is 2. The zero-order chi connectivity index (χ0) is 22.9. The summed E-state index contributed by atoms with van der Waals surface area (Å²) >= 11 is 6.28. The van der Waals surface area contributed by atoms with Gasteiger partial charge in [0, 0.05) is 38.3 Å². The topological polar surface area (TPSA) is 59.8 Å². The predicted molar refractivity (Wildman–Crippen MR) is 126 cm³/mol. The Morgan fingerprint density at radius 2 is 1.73 bits per heavy atom. The van der Waals surface area contributed by atoms with Crippen LogP contribution in [0.3, 0.4) is 0 Å². The maximum absolute atomic E-state index is 13.2. The molecule has 7 nitrogen and oxygen atoms in total. The van der Waals surface area contributed by atoms with Crippen LogP contribution in [0.1, 0.15) is 32.9 Å². The molecule has 0 radical (unpaired) electrons. The fourth-order valence-electron chi connectivity index (χ4n) is 4.39. The second-order valence-electron chi connectivity index (χ2n) is 8.60. The molecule has 0 N–H and O–H groups in total. The van der Waals surface area contributed by atoms with Gasteiger partial charge >= 0.3 is 0 Å². The van der Waals surface area contributed by atoms with Gasteiger partial charge in [-0.2, -0.15) is 5.10 Å². The summed E-state index contributed by atoms with van der Waals surface area (Å²) in [4.78, 5) is 17.5. The van der Waals surface area contributed by atoms with E-state index in [1.54, 1.807) is 0 Å². The molecule has 0 bridgehead atoms. The largest absolute Gasteiger partial charge is 0.454 e. The van der Waals surface area contributed by atoms with Crippen molar-refractivity contribution >= 4 is 17.5 Å². The number of carbonyl (C=O) groups excluding carboxylic acids is 1. The molecule has 3 aromatic rings. The summed E-state index contributed by atoms with van der Waals surface area (Å²) in [5.41, 5.74) is 4.69. The van der Waals surface area contributed by atoms with Crippen molar-refractivity contribution in [2.45, 2.75) is 26.9 Å². The Balaban J connectivity index is 1.19. The van der Waals surface area contributed by atoms with Crippen LogP contribution in [0.25, 0.3) is 0 Å². The lowest BCUT2D eigenvalue weighted by atomic mass is 10.1. The first-order valence-electron chi connectivity index (χ1n) is 11.2. The van der Waals surface area contributed by atoms with Gasteiger partial charge in [0.2, 0.25) is 6.79 Å². The quantitative estimate of drug-likeness (QED) is 0.571. The Bertz CT molecular complexity index is 1180. The first-order chi connectivity index (χ1) is 16.0. The molecule has 0 aliphatic carbocycles. The summed E-state index contributed by atoms with van der Waals surface area (Å²) < 4.78 is 12.8. The van der Waals surface area contributed by atoms with Gasteiger partial charge in [-0.15, -0.1) is 0 Å². The highest BCUT2D eigenvalue weighted by Crippen LogP contribution is 2.33. The van der Waals surface area contributed by atoms with Crippen LogP contribution in [0.2, 0.25) is 5.02 Å². The van der Waals surface area contributed by atoms with Gasteiger partial charge in [0.15, 0.2) is 11.5 Å². The first-order valence-corrected chi connectivity index (χ1v) is 11.5. The van der Waals surface area contributed by atoms with E-state index in [4.69, 9.17) is 21.1 Å². The Morgan fingerprint density at radius 1 is 0.970 bits per heavy atom. The minimum atomic E-state index is 0.0750. The monoisotopic (exact) mass is 466 g/mol. The molecule has 2 aliphatic rings. The van der Waals surface area contributed by atoms with Crippen molar-refractivity contribution in [3.8, 4) is 11.5 Å². The normalized spacial score (nSPS) is 15.8. The third-order valence-electron chi connectivity index (χ3n) is 6.30. The lowest BCUT2D eigenvalue weighted by molar-refractivity contribution is 0.0628. The fourth-order valence-corrected chi connectivity index (χ4v) is 4.53. The molecule has 172 valence electrons. The molecule has 0 atom stereocenters. The van der Waals surface area contributed by atoms with E-state index < -0.39 is 0 Å². The summed E-state index contributed by atoms with van der Waals surface area (Å²) in [6, 6.07) is 13.9. The van der Waals surface area contributed by atoms with Gasteiger partial charge in [-0.05, 0) is 49.2 Å². The van der Waals surface area contributed by atoms with Gasteiger partial charge in [0.1, 0.15) is 0 Å². The van der Waals surface area contributed by atoms with Crippen molar-refractivity contribution in [2.24, 2.45) is 0 Å². The number of nitrogens with zero attached hydrogens (tertiary/aromatic N) is 4. The van der Waals surface area contributed by atoms with Gasteiger partial charge in [0.05, 0.1) is 23.0 Å². The van der Waals surface area contributed by atoms with Crippen molar-refractivity contribution in [2.75, 3.05) is 33.0 Å². The number of piperazine rings is 1. The van der Waals surface area contributed by atoms with Crippen molar-refractivity contribution in [1.29, 1.82) is 0 Å². The Morgan fingerprint density at radius 3 is 2.48 bits per heavy atom. The summed E-state index contributed by atoms with van der Waals surface area (Å²) in [6.07, 6.45) is 0. The molecule has 3 heterocycles. The fraction of sp³-hybridized carbons (Fsp3) is 0.360. The summed E-state index contributed by atoms with van der Waals surface area (Å²) in [5.74, 6) is 1.69. The van der Waals surface area contributed by atoms with E-state index in [0.717, 1.165) is 48.1 Å². The lowest BCUT2D eigenvalue weighted by Crippen LogP contribution is -2.48. The molecule has 1 amide bonds. The van der Waals surface area contributed by atoms with Crippen molar-refractivity contribution in [3.05, 3.63) is 75.6 Å². The smallest absolute Gasteiger partial charge is 0.253 e. The summed E-state index contributed by atoms with van der Waals surface area (Å²) in [6.45, 7) is 8.66. The molecule has 1 aromatic heterocycles. The van der Waals surface area contributed by atoms with Crippen LogP contribution < -0.4 is 9.47 Å². The number of rotatable bonds is 5. The number of hydrogen-bond acceptors (Lipinski definition) is 5. The molecule has 5 rings (SSSR count). The van der Waals surface area contributed by atoms with E-state index in [2.05, 4.69) is 16.1 Å². The van der Waals surface area contributed by atoms with Crippen molar-refractivity contribution in [1.82, 2.24) is 19.6 Å². The molecule has 1 fully saturated rings. The second-order valence-corrected chi connectivity index (χ2v) is 8.98. The van der Waals surface area contributed by atoms with E-state index in [1.807, 2.05) is 59.8 Å². The molecule has 0 spiro atoms. The minimum Gasteiger partial charge on any atom is -0.454 e. The molecule has 33 heavy (non-hydrogen) atoms. The van der Waals surface area contributed by atoms with Crippen molar-refractivity contribution < 1.29 is 14.3 Å². The van der Waals surface area contributed by atoms with Crippen LogP contribution in [0, 0.1) is 13.8 Å². The molecular formula is C25H27ClN4O3. The molecule has 1 saturated heterocycles. The van der Waals surface area contributed by atoms with E-state index >= 15 is 0 Å². The van der Waals surface area contributed by atoms with Gasteiger partial charge < -0.3 is 14.4 Å². The molecular weight excluding hydrogens is 440 g/mol. The molecule has 8 heteroatoms. The highest BCUT2D eigenvalue weighted by atomic mass is 35.5. The minimum absolute atomic E-state index is 0.0750. The van der Waals surface area contributed by atoms with E-state index in [-0.39, 0.29) is 12.7 Å². The summed E-state index contributed by atoms with van der Waals surface area (Å²) in [5, 5.41) is 5.20. The number of hydrogen-bond donors (Lipinski definition) is 0. The van der Waals surface area contributed by atoms with Gasteiger partial charge in [-0.3, -0.25) is 14.4 Å². The number of amides is 1. The average Bonchev–Trinajstić information content (AvgIpc) is 3.39. The number of benzene rings is 2. The third kappa shape index (κ3) is 4.56. The van der Waals surface area contributed by atoms with Crippen molar-refractivity contribution in [3.63, 3.8) is 0 Å². The maximum Gasteiger partial charge on any atom is 0.253 e. The van der Waals surface area contributed by atoms with E-state index in [9.17, 15) is 4.79 Å². The zero-order valence-electron chi connectivity index (χ0n) is 18.9. The van der Waals surface area contributed by atoms with Crippen LogP contribution >= 0.6 is 11.6 Å². The Kier molecular flexibility index (Phi) is 6.00. The lowest BCUT2D eigenvalue weighted by Gasteiger charge is -2.35. The standard InChI is InChI=1S/C25H27ClN4O3/c1-17-24(26)18(2)30(27-17)15-19-4-3-5-21(12-19)25(31)29-10-8-28(9-11-29)14-20-6-7-22-23(13-20)33-16-32-22/h3-7,12-13H,8-11,14-16H2,1-2H3. The Hall–Kier alpha value is -3.03. The highest BCUT2D eigenvalue weighted by molar-refractivity contribution is 6.31. The third-order valence-corrected chi connectivity index (χ3v) is 6.85. The average molecular weight is 467 g/mol. The number of fused-ring (bicyclic) bond motifs is 1. The molecule has 2 aromatic carbocycles. The zero-order valence-corrected chi connectivity index (χ0v) is 19.6. The Labute approximate surface area is 198 Å². The number of aryl methyl sites for hydroxylation is 1. The number of halogens is 1. The SMILES string of the molecule is Cc1nn(Cc2cccc(C(=O)N3CCN(Cc4ccc5c(c4)OCO5)CC3)c2)c(C)c1Cl. The van der Waals surface area contributed by atoms with E-state index in [0.29, 0.717) is 30.2 Å². The van der Waals surface area contributed by atoms with Gasteiger partial charge in [-0.25, -0.2) is 0 Å². The first kappa shape index (κ1) is 21.8. The number of aromatic nitrogens is 2. The van der Waals surface area contributed by atoms with Crippen LogP contribution in [-0.4, -0.2) is 58.5 Å². The van der Waals surface area contributed by atoms with Gasteiger partial charge in [-0.1, -0.05) is 29.8 Å². The van der Waals surface area contributed by atoms with Crippen LogP contribution in [0.4, 0.5) is 0 Å². The highest BCUT2D eigenvalue weighted by Gasteiger charge is 2.23. The van der Waals surface area contributed by atoms with Gasteiger partial charge in [0.25, 0.3) is 5.91 Å². The van der Waals surface area contributed by atoms with Crippen LogP contribution in [0.5, 0.6) is 11.5 Å². The van der Waals surface area contributed by atoms with Crippen LogP contribution in [-0.2, 0) is 13.1 Å². The maximum atomic E-state index is 13.2. The molecule has 2 aliphatic heterocycles. The molecule has 0 saturated carbocycles. The number of carbonyl (C=O) groups is 1. The second kappa shape index (κ2) is 9.08. The summed E-state index contributed by atoms with van der Waals surface area (Å²) in [7, 11) is 0. The predicted octanol–water partition coefficient (Wildman–Crippen LogP) is 3.89. The van der Waals surface area contributed by atoms with Crippen LogP contribution in [0.15, 0.2) is 42.5 Å². The van der Waals surface area contributed by atoms with E-state index in [1.165, 1.54) is 5.56 Å². The molecule has 0 unspecified atom stereocenters.